The van der Waals surface area contributed by atoms with Crippen molar-refractivity contribution in [1.29, 1.82) is 0 Å². The highest BCUT2D eigenvalue weighted by Crippen LogP contribution is 2.20. The van der Waals surface area contributed by atoms with E-state index in [-0.39, 0.29) is 17.7 Å². The number of amides is 2. The molecule has 0 bridgehead atoms. The third-order valence-electron chi connectivity index (χ3n) is 3.30. The number of carbonyl (C=O) groups is 2. The van der Waals surface area contributed by atoms with Crippen molar-refractivity contribution in [1.82, 2.24) is 9.80 Å². The number of carbonyl (C=O) groups excluding carboxylic acids is 2. The average Bonchev–Trinajstić information content (AvgIpc) is 2.91. The zero-order valence-corrected chi connectivity index (χ0v) is 10.8. The van der Waals surface area contributed by atoms with Crippen LogP contribution < -0.4 is 0 Å². The van der Waals surface area contributed by atoms with Crippen molar-refractivity contribution >= 4 is 11.8 Å². The van der Waals surface area contributed by atoms with Gasteiger partial charge in [-0.1, -0.05) is 0 Å². The Morgan fingerprint density at radius 2 is 2.00 bits per heavy atom. The quantitative estimate of drug-likeness (QED) is 0.793. The summed E-state index contributed by atoms with van der Waals surface area (Å²) in [6, 6.07) is 3.37. The molecule has 18 heavy (non-hydrogen) atoms. The molecule has 1 fully saturated rings. The van der Waals surface area contributed by atoms with E-state index >= 15 is 0 Å². The van der Waals surface area contributed by atoms with Crippen LogP contribution in [0, 0.1) is 5.92 Å². The summed E-state index contributed by atoms with van der Waals surface area (Å²) in [5, 5.41) is 0. The molecule has 0 radical (unpaired) electrons. The first-order chi connectivity index (χ1) is 8.59. The summed E-state index contributed by atoms with van der Waals surface area (Å²) in [6.45, 7) is 1.23. The van der Waals surface area contributed by atoms with Gasteiger partial charge in [-0.3, -0.25) is 9.59 Å². The molecule has 5 nitrogen and oxygen atoms in total. The van der Waals surface area contributed by atoms with Crippen LogP contribution in [0.1, 0.15) is 23.4 Å². The molecule has 0 aromatic carbocycles. The second-order valence-electron chi connectivity index (χ2n) is 4.78. The minimum Gasteiger partial charge on any atom is -0.459 e. The summed E-state index contributed by atoms with van der Waals surface area (Å²) in [5.74, 6) is 0.476. The second kappa shape index (κ2) is 5.25. The number of likely N-dealkylation sites (tertiary alicyclic amines) is 1. The Labute approximate surface area is 106 Å². The molecule has 1 aliphatic rings. The van der Waals surface area contributed by atoms with Gasteiger partial charge < -0.3 is 14.2 Å². The first-order valence-corrected chi connectivity index (χ1v) is 6.13. The highest BCUT2D eigenvalue weighted by atomic mass is 16.3. The molecule has 0 aliphatic carbocycles. The Bertz CT molecular complexity index is 417. The predicted molar refractivity (Wildman–Crippen MR) is 66.0 cm³/mol. The van der Waals surface area contributed by atoms with Crippen molar-refractivity contribution < 1.29 is 14.0 Å². The number of nitrogens with zero attached hydrogens (tertiary/aromatic N) is 2. The standard InChI is InChI=1S/C13H18N2O3/c1-14(2)12(16)10-5-7-15(8-6-10)13(17)11-4-3-9-18-11/h3-4,9-10H,5-8H2,1-2H3. The van der Waals surface area contributed by atoms with E-state index in [0.717, 1.165) is 12.8 Å². The monoisotopic (exact) mass is 250 g/mol. The molecule has 0 atom stereocenters. The van der Waals surface area contributed by atoms with Crippen LogP contribution in [0.3, 0.4) is 0 Å². The van der Waals surface area contributed by atoms with Crippen molar-refractivity contribution in [3.8, 4) is 0 Å². The zero-order chi connectivity index (χ0) is 13.1. The minimum atomic E-state index is -0.0873. The van der Waals surface area contributed by atoms with Gasteiger partial charge in [-0.2, -0.15) is 0 Å². The fourth-order valence-corrected chi connectivity index (χ4v) is 2.25. The van der Waals surface area contributed by atoms with Crippen LogP contribution >= 0.6 is 0 Å². The first kappa shape index (κ1) is 12.7. The Morgan fingerprint density at radius 1 is 1.33 bits per heavy atom. The molecule has 1 aromatic heterocycles. The molecule has 2 rings (SSSR count). The van der Waals surface area contributed by atoms with Gasteiger partial charge in [0.2, 0.25) is 5.91 Å². The molecule has 1 aliphatic heterocycles. The summed E-state index contributed by atoms with van der Waals surface area (Å²) >= 11 is 0. The number of rotatable bonds is 2. The van der Waals surface area contributed by atoms with E-state index < -0.39 is 0 Å². The summed E-state index contributed by atoms with van der Waals surface area (Å²) in [7, 11) is 3.53. The summed E-state index contributed by atoms with van der Waals surface area (Å²) in [5.41, 5.74) is 0. The lowest BCUT2D eigenvalue weighted by molar-refractivity contribution is -0.134. The van der Waals surface area contributed by atoms with Crippen LogP contribution in [0.25, 0.3) is 0 Å². The number of hydrogen-bond donors (Lipinski definition) is 0. The van der Waals surface area contributed by atoms with Crippen LogP contribution in [-0.4, -0.2) is 48.8 Å². The van der Waals surface area contributed by atoms with Crippen molar-refractivity contribution in [2.75, 3.05) is 27.2 Å². The third-order valence-corrected chi connectivity index (χ3v) is 3.30. The van der Waals surface area contributed by atoms with E-state index in [1.54, 1.807) is 36.0 Å². The van der Waals surface area contributed by atoms with Crippen LogP contribution in [0.15, 0.2) is 22.8 Å². The molecule has 0 spiro atoms. The molecule has 2 amide bonds. The predicted octanol–water partition coefficient (Wildman–Crippen LogP) is 1.22. The van der Waals surface area contributed by atoms with Gasteiger partial charge in [0.25, 0.3) is 5.91 Å². The Hall–Kier alpha value is -1.78. The van der Waals surface area contributed by atoms with Crippen molar-refractivity contribution in [2.24, 2.45) is 5.92 Å². The van der Waals surface area contributed by atoms with Gasteiger partial charge in [0.15, 0.2) is 5.76 Å². The van der Waals surface area contributed by atoms with E-state index in [0.29, 0.717) is 18.8 Å². The lowest BCUT2D eigenvalue weighted by Gasteiger charge is -2.31. The Kier molecular flexibility index (Phi) is 3.69. The van der Waals surface area contributed by atoms with Gasteiger partial charge in [-0.25, -0.2) is 0 Å². The summed E-state index contributed by atoms with van der Waals surface area (Å²) in [4.78, 5) is 27.2. The number of piperidine rings is 1. The van der Waals surface area contributed by atoms with Crippen molar-refractivity contribution in [2.45, 2.75) is 12.8 Å². The van der Waals surface area contributed by atoms with Gasteiger partial charge in [-0.05, 0) is 25.0 Å². The fourth-order valence-electron chi connectivity index (χ4n) is 2.25. The topological polar surface area (TPSA) is 53.8 Å². The zero-order valence-electron chi connectivity index (χ0n) is 10.8. The maximum atomic E-state index is 12.0. The average molecular weight is 250 g/mol. The van der Waals surface area contributed by atoms with Gasteiger partial charge >= 0.3 is 0 Å². The third kappa shape index (κ3) is 2.55. The SMILES string of the molecule is CN(C)C(=O)C1CCN(C(=O)c2ccco2)CC1. The van der Waals surface area contributed by atoms with Gasteiger partial charge in [-0.15, -0.1) is 0 Å². The highest BCUT2D eigenvalue weighted by molar-refractivity contribution is 5.91. The number of furan rings is 1. The normalized spacial score (nSPS) is 16.7. The largest absolute Gasteiger partial charge is 0.459 e. The van der Waals surface area contributed by atoms with E-state index in [1.165, 1.54) is 6.26 Å². The molecule has 1 saturated heterocycles. The van der Waals surface area contributed by atoms with Gasteiger partial charge in [0.1, 0.15) is 0 Å². The Balaban J connectivity index is 1.91. The van der Waals surface area contributed by atoms with Crippen LogP contribution in [0.5, 0.6) is 0 Å². The Morgan fingerprint density at radius 3 is 2.50 bits per heavy atom. The van der Waals surface area contributed by atoms with Crippen molar-refractivity contribution in [3.05, 3.63) is 24.2 Å². The molecular weight excluding hydrogens is 232 g/mol. The lowest BCUT2D eigenvalue weighted by atomic mass is 9.95. The molecule has 2 heterocycles. The van der Waals surface area contributed by atoms with Crippen LogP contribution in [0.2, 0.25) is 0 Å². The maximum Gasteiger partial charge on any atom is 0.289 e. The maximum absolute atomic E-state index is 12.0. The molecule has 0 unspecified atom stereocenters. The van der Waals surface area contributed by atoms with Gasteiger partial charge in [0.05, 0.1) is 6.26 Å². The van der Waals surface area contributed by atoms with Crippen LogP contribution in [-0.2, 0) is 4.79 Å². The van der Waals surface area contributed by atoms with Crippen LogP contribution in [0.4, 0.5) is 0 Å². The summed E-state index contributed by atoms with van der Waals surface area (Å²) in [6.07, 6.45) is 2.95. The van der Waals surface area contributed by atoms with E-state index in [4.69, 9.17) is 4.42 Å². The molecule has 0 N–H and O–H groups in total. The van der Waals surface area contributed by atoms with Crippen molar-refractivity contribution in [3.63, 3.8) is 0 Å². The van der Waals surface area contributed by atoms with Gasteiger partial charge in [0, 0.05) is 33.1 Å². The first-order valence-electron chi connectivity index (χ1n) is 6.13. The molecule has 1 aromatic rings. The molecule has 0 saturated carbocycles. The molecule has 5 heteroatoms. The van der Waals surface area contributed by atoms with E-state index in [2.05, 4.69) is 0 Å². The molecular formula is C13H18N2O3. The minimum absolute atomic E-state index is 0.0423. The second-order valence-corrected chi connectivity index (χ2v) is 4.78. The lowest BCUT2D eigenvalue weighted by Crippen LogP contribution is -2.42. The van der Waals surface area contributed by atoms with E-state index in [1.807, 2.05) is 0 Å². The fraction of sp³-hybridized carbons (Fsp3) is 0.538. The smallest absolute Gasteiger partial charge is 0.289 e. The highest BCUT2D eigenvalue weighted by Gasteiger charge is 2.29. The number of hydrogen-bond acceptors (Lipinski definition) is 3. The summed E-state index contributed by atoms with van der Waals surface area (Å²) < 4.78 is 5.09. The van der Waals surface area contributed by atoms with E-state index in [9.17, 15) is 9.59 Å². The molecule has 98 valence electrons.